The summed E-state index contributed by atoms with van der Waals surface area (Å²) in [6.07, 6.45) is 5.38. The van der Waals surface area contributed by atoms with Crippen molar-refractivity contribution in [2.45, 2.75) is 58.2 Å². The summed E-state index contributed by atoms with van der Waals surface area (Å²) >= 11 is 0. The maximum absolute atomic E-state index is 3.73. The lowest BCUT2D eigenvalue weighted by atomic mass is 10.0. The molecule has 1 aliphatic heterocycles. The molecule has 1 aromatic rings. The summed E-state index contributed by atoms with van der Waals surface area (Å²) in [4.78, 5) is 2.67. The fraction of sp³-hybridized carbons (Fsp3) is 0.667. The van der Waals surface area contributed by atoms with Gasteiger partial charge in [-0.3, -0.25) is 4.90 Å². The third kappa shape index (κ3) is 3.83. The molecule has 1 atom stereocenters. The molecule has 3 rings (SSSR count). The summed E-state index contributed by atoms with van der Waals surface area (Å²) in [6, 6.07) is 10.8. The molecule has 1 N–H and O–H groups in total. The third-order valence-corrected chi connectivity index (χ3v) is 4.54. The minimum absolute atomic E-state index is 0.700. The molecule has 1 heterocycles. The smallest absolute Gasteiger partial charge is 0.0210 e. The topological polar surface area (TPSA) is 15.3 Å². The first-order valence-corrected chi connectivity index (χ1v) is 8.26. The molecule has 1 aromatic carbocycles. The van der Waals surface area contributed by atoms with E-state index in [1.807, 2.05) is 0 Å². The Bertz CT molecular complexity index is 420. The van der Waals surface area contributed by atoms with E-state index in [-0.39, 0.29) is 0 Å². The molecule has 1 unspecified atom stereocenters. The summed E-state index contributed by atoms with van der Waals surface area (Å²) in [7, 11) is 0. The van der Waals surface area contributed by atoms with E-state index < -0.39 is 0 Å². The van der Waals surface area contributed by atoms with E-state index in [0.29, 0.717) is 6.04 Å². The van der Waals surface area contributed by atoms with Crippen LogP contribution < -0.4 is 5.32 Å². The highest BCUT2D eigenvalue weighted by Crippen LogP contribution is 2.29. The molecule has 1 aliphatic carbocycles. The molecule has 0 aromatic heterocycles. The summed E-state index contributed by atoms with van der Waals surface area (Å²) in [5.74, 6) is 0.742. The predicted molar refractivity (Wildman–Crippen MR) is 84.8 cm³/mol. The molecular weight excluding hydrogens is 244 g/mol. The van der Waals surface area contributed by atoms with Gasteiger partial charge in [0, 0.05) is 31.7 Å². The number of hydrogen-bond acceptors (Lipinski definition) is 2. The molecule has 2 nitrogen and oxygen atoms in total. The minimum atomic E-state index is 0.700. The standard InChI is InChI=1S/C18H28N2/c1-14(2)11-15-3-5-16(6-4-15)12-19-17-9-10-20(13-17)18-7-8-18/h3-6,14,17-19H,7-13H2,1-2H3. The monoisotopic (exact) mass is 272 g/mol. The molecule has 20 heavy (non-hydrogen) atoms. The number of benzene rings is 1. The van der Waals surface area contributed by atoms with Crippen LogP contribution in [-0.2, 0) is 13.0 Å². The summed E-state index contributed by atoms with van der Waals surface area (Å²) in [6.45, 7) is 8.14. The van der Waals surface area contributed by atoms with Crippen LogP contribution in [-0.4, -0.2) is 30.1 Å². The van der Waals surface area contributed by atoms with Crippen molar-refractivity contribution in [2.75, 3.05) is 13.1 Å². The zero-order valence-electron chi connectivity index (χ0n) is 12.9. The molecule has 110 valence electrons. The minimum Gasteiger partial charge on any atom is -0.309 e. The summed E-state index contributed by atoms with van der Waals surface area (Å²) in [5, 5.41) is 3.73. The molecule has 1 saturated heterocycles. The maximum atomic E-state index is 3.73. The molecule has 0 spiro atoms. The number of nitrogens with one attached hydrogen (secondary N) is 1. The van der Waals surface area contributed by atoms with Crippen molar-refractivity contribution in [3.63, 3.8) is 0 Å². The van der Waals surface area contributed by atoms with Gasteiger partial charge in [-0.15, -0.1) is 0 Å². The highest BCUT2D eigenvalue weighted by Gasteiger charge is 2.33. The Morgan fingerprint density at radius 2 is 1.80 bits per heavy atom. The SMILES string of the molecule is CC(C)Cc1ccc(CNC2CCN(C3CC3)C2)cc1. The Hall–Kier alpha value is -0.860. The summed E-state index contributed by atoms with van der Waals surface area (Å²) < 4.78 is 0. The van der Waals surface area contributed by atoms with Crippen LogP contribution in [0, 0.1) is 5.92 Å². The molecule has 0 amide bonds. The second-order valence-corrected chi connectivity index (χ2v) is 7.01. The Kier molecular flexibility index (Phi) is 4.42. The Balaban J connectivity index is 1.44. The van der Waals surface area contributed by atoms with Gasteiger partial charge in [0.15, 0.2) is 0 Å². The van der Waals surface area contributed by atoms with E-state index in [0.717, 1.165) is 18.5 Å². The lowest BCUT2D eigenvalue weighted by molar-refractivity contribution is 0.317. The number of nitrogens with zero attached hydrogens (tertiary/aromatic N) is 1. The van der Waals surface area contributed by atoms with Crippen LogP contribution in [0.4, 0.5) is 0 Å². The van der Waals surface area contributed by atoms with Crippen LogP contribution in [0.25, 0.3) is 0 Å². The van der Waals surface area contributed by atoms with Gasteiger partial charge in [0.2, 0.25) is 0 Å². The van der Waals surface area contributed by atoms with E-state index in [9.17, 15) is 0 Å². The summed E-state index contributed by atoms with van der Waals surface area (Å²) in [5.41, 5.74) is 2.88. The van der Waals surface area contributed by atoms with Gasteiger partial charge in [0.05, 0.1) is 0 Å². The first kappa shape index (κ1) is 14.1. The van der Waals surface area contributed by atoms with Crippen LogP contribution in [0.2, 0.25) is 0 Å². The number of rotatable bonds is 6. The van der Waals surface area contributed by atoms with E-state index in [1.54, 1.807) is 0 Å². The molecule has 1 saturated carbocycles. The van der Waals surface area contributed by atoms with Gasteiger partial charge in [-0.05, 0) is 42.7 Å². The van der Waals surface area contributed by atoms with E-state index in [1.165, 1.54) is 49.9 Å². The van der Waals surface area contributed by atoms with Gasteiger partial charge in [0.25, 0.3) is 0 Å². The molecule has 0 bridgehead atoms. The van der Waals surface area contributed by atoms with Gasteiger partial charge in [-0.2, -0.15) is 0 Å². The average molecular weight is 272 g/mol. The Morgan fingerprint density at radius 3 is 2.45 bits per heavy atom. The van der Waals surface area contributed by atoms with Gasteiger partial charge < -0.3 is 5.32 Å². The third-order valence-electron chi connectivity index (χ3n) is 4.54. The first-order valence-electron chi connectivity index (χ1n) is 8.26. The Morgan fingerprint density at radius 1 is 1.10 bits per heavy atom. The van der Waals surface area contributed by atoms with Crippen LogP contribution in [0.3, 0.4) is 0 Å². The van der Waals surface area contributed by atoms with Crippen molar-refractivity contribution >= 4 is 0 Å². The lowest BCUT2D eigenvalue weighted by Crippen LogP contribution is -2.32. The van der Waals surface area contributed by atoms with Crippen molar-refractivity contribution in [1.82, 2.24) is 10.2 Å². The largest absolute Gasteiger partial charge is 0.309 e. The Labute approximate surface area is 123 Å². The van der Waals surface area contributed by atoms with Gasteiger partial charge in [-0.1, -0.05) is 38.1 Å². The first-order chi connectivity index (χ1) is 9.70. The highest BCUT2D eigenvalue weighted by molar-refractivity contribution is 5.22. The van der Waals surface area contributed by atoms with Crippen LogP contribution in [0.5, 0.6) is 0 Å². The molecule has 2 fully saturated rings. The maximum Gasteiger partial charge on any atom is 0.0210 e. The van der Waals surface area contributed by atoms with E-state index >= 15 is 0 Å². The van der Waals surface area contributed by atoms with Crippen LogP contribution >= 0.6 is 0 Å². The van der Waals surface area contributed by atoms with Crippen molar-refractivity contribution in [3.8, 4) is 0 Å². The number of hydrogen-bond donors (Lipinski definition) is 1. The van der Waals surface area contributed by atoms with E-state index in [2.05, 4.69) is 48.3 Å². The van der Waals surface area contributed by atoms with Crippen LogP contribution in [0.15, 0.2) is 24.3 Å². The normalized spacial score (nSPS) is 23.6. The zero-order valence-corrected chi connectivity index (χ0v) is 12.9. The second-order valence-electron chi connectivity index (χ2n) is 7.01. The van der Waals surface area contributed by atoms with Gasteiger partial charge in [-0.25, -0.2) is 0 Å². The fourth-order valence-electron chi connectivity index (χ4n) is 3.25. The average Bonchev–Trinajstić information content (AvgIpc) is 3.17. The quantitative estimate of drug-likeness (QED) is 0.855. The van der Waals surface area contributed by atoms with Crippen molar-refractivity contribution in [1.29, 1.82) is 0 Å². The lowest BCUT2D eigenvalue weighted by Gasteiger charge is -2.16. The van der Waals surface area contributed by atoms with Crippen LogP contribution in [0.1, 0.15) is 44.2 Å². The van der Waals surface area contributed by atoms with Crippen molar-refractivity contribution in [2.24, 2.45) is 5.92 Å². The second kappa shape index (κ2) is 6.28. The van der Waals surface area contributed by atoms with Gasteiger partial charge >= 0.3 is 0 Å². The van der Waals surface area contributed by atoms with E-state index in [4.69, 9.17) is 0 Å². The number of likely N-dealkylation sites (tertiary alicyclic amines) is 1. The zero-order chi connectivity index (χ0) is 13.9. The van der Waals surface area contributed by atoms with Gasteiger partial charge in [0.1, 0.15) is 0 Å². The predicted octanol–water partition coefficient (Wildman–Crippen LogP) is 3.21. The molecular formula is C18H28N2. The highest BCUT2D eigenvalue weighted by atomic mass is 15.2. The molecule has 2 aliphatic rings. The fourth-order valence-corrected chi connectivity index (χ4v) is 3.25. The molecule has 0 radical (unpaired) electrons. The van der Waals surface area contributed by atoms with Crippen molar-refractivity contribution < 1.29 is 0 Å². The molecule has 2 heteroatoms. The van der Waals surface area contributed by atoms with Crippen molar-refractivity contribution in [3.05, 3.63) is 35.4 Å².